The molecule has 0 atom stereocenters. The molecule has 9 heteroatoms. The molecule has 0 radical (unpaired) electrons. The third-order valence-corrected chi connectivity index (χ3v) is 7.20. The van der Waals surface area contributed by atoms with Crippen molar-refractivity contribution < 1.29 is 9.32 Å². The van der Waals surface area contributed by atoms with E-state index in [-0.39, 0.29) is 17.4 Å². The third-order valence-electron chi connectivity index (χ3n) is 6.87. The molecule has 3 N–H and O–H groups in total. The Balaban J connectivity index is 1.53. The van der Waals surface area contributed by atoms with E-state index in [0.29, 0.717) is 40.1 Å². The lowest BCUT2D eigenvalue weighted by Gasteiger charge is -2.41. The number of benzene rings is 2. The second-order valence-corrected chi connectivity index (χ2v) is 9.41. The summed E-state index contributed by atoms with van der Waals surface area (Å²) in [6.07, 6.45) is 5.37. The summed E-state index contributed by atoms with van der Waals surface area (Å²) in [6.45, 7) is 2.20. The summed E-state index contributed by atoms with van der Waals surface area (Å²) in [7, 11) is 1.64. The second kappa shape index (κ2) is 11.3. The largest absolute Gasteiger partial charge is 0.360 e. The highest BCUT2D eigenvalue weighted by Crippen LogP contribution is 2.39. The number of aromatic nitrogens is 1. The zero-order valence-electron chi connectivity index (χ0n) is 20.3. The minimum atomic E-state index is -0.238. The van der Waals surface area contributed by atoms with Crippen LogP contribution in [-0.4, -0.2) is 36.7 Å². The van der Waals surface area contributed by atoms with Crippen molar-refractivity contribution in [1.82, 2.24) is 21.1 Å². The van der Waals surface area contributed by atoms with Crippen LogP contribution in [0.25, 0.3) is 11.3 Å². The van der Waals surface area contributed by atoms with Gasteiger partial charge in [0.15, 0.2) is 6.19 Å². The lowest BCUT2D eigenvalue weighted by Crippen LogP contribution is -2.49. The first-order chi connectivity index (χ1) is 17.5. The normalized spacial score (nSPS) is 19.8. The van der Waals surface area contributed by atoms with Crippen LogP contribution in [0.15, 0.2) is 64.1 Å². The number of nitriles is 1. The van der Waals surface area contributed by atoms with E-state index in [1.54, 1.807) is 20.0 Å². The Morgan fingerprint density at radius 2 is 1.89 bits per heavy atom. The fourth-order valence-electron chi connectivity index (χ4n) is 4.89. The van der Waals surface area contributed by atoms with Gasteiger partial charge in [0, 0.05) is 30.6 Å². The van der Waals surface area contributed by atoms with Crippen LogP contribution in [0.5, 0.6) is 0 Å². The van der Waals surface area contributed by atoms with Gasteiger partial charge in [0.1, 0.15) is 17.0 Å². The first-order valence-electron chi connectivity index (χ1n) is 11.9. The summed E-state index contributed by atoms with van der Waals surface area (Å²) in [5.41, 5.74) is 2.46. The van der Waals surface area contributed by atoms with Crippen LogP contribution in [0.3, 0.4) is 0 Å². The van der Waals surface area contributed by atoms with Gasteiger partial charge in [0.2, 0.25) is 5.96 Å². The van der Waals surface area contributed by atoms with E-state index in [1.165, 1.54) is 5.56 Å². The maximum absolute atomic E-state index is 13.4. The van der Waals surface area contributed by atoms with Gasteiger partial charge in [0.25, 0.3) is 5.91 Å². The molecule has 0 unspecified atom stereocenters. The number of nitrogens with zero attached hydrogens (tertiary/aromatic N) is 3. The maximum Gasteiger partial charge on any atom is 0.257 e. The second-order valence-electron chi connectivity index (χ2n) is 9.00. The van der Waals surface area contributed by atoms with E-state index in [9.17, 15) is 4.79 Å². The van der Waals surface area contributed by atoms with Crippen molar-refractivity contribution >= 4 is 23.5 Å². The molecule has 2 aromatic carbocycles. The molecule has 1 heterocycles. The SMILES string of the molecule is CN=C(NC#N)NC1CCC(CNC(=O)c2c(-c3ccccc3Cl)noc2C)(c2ccccc2)CC1. The highest BCUT2D eigenvalue weighted by Gasteiger charge is 2.38. The van der Waals surface area contributed by atoms with Crippen molar-refractivity contribution in [2.45, 2.75) is 44.1 Å². The Hall–Kier alpha value is -3.83. The zero-order valence-corrected chi connectivity index (χ0v) is 21.1. The molecule has 0 saturated heterocycles. The molecule has 8 nitrogen and oxygen atoms in total. The van der Waals surface area contributed by atoms with E-state index < -0.39 is 0 Å². The number of hydrogen-bond donors (Lipinski definition) is 3. The van der Waals surface area contributed by atoms with E-state index in [1.807, 2.05) is 42.6 Å². The fourth-order valence-corrected chi connectivity index (χ4v) is 5.12. The molecule has 0 aliphatic heterocycles. The average molecular weight is 505 g/mol. The van der Waals surface area contributed by atoms with Crippen molar-refractivity contribution in [1.29, 1.82) is 5.26 Å². The molecule has 1 aliphatic carbocycles. The number of carbonyl (C=O) groups excluding carboxylic acids is 1. The van der Waals surface area contributed by atoms with E-state index in [2.05, 4.69) is 38.2 Å². The summed E-state index contributed by atoms with van der Waals surface area (Å²) < 4.78 is 5.39. The molecule has 4 rings (SSSR count). The lowest BCUT2D eigenvalue weighted by atomic mass is 9.68. The number of guanidine groups is 1. The molecule has 1 amide bonds. The molecule has 186 valence electrons. The van der Waals surface area contributed by atoms with Gasteiger partial charge in [-0.15, -0.1) is 0 Å². The molecule has 1 aliphatic rings. The Morgan fingerprint density at radius 3 is 2.56 bits per heavy atom. The zero-order chi connectivity index (χ0) is 25.5. The van der Waals surface area contributed by atoms with Gasteiger partial charge in [-0.3, -0.25) is 15.1 Å². The van der Waals surface area contributed by atoms with Crippen molar-refractivity contribution in [3.05, 3.63) is 76.5 Å². The summed E-state index contributed by atoms with van der Waals surface area (Å²) >= 11 is 6.38. The summed E-state index contributed by atoms with van der Waals surface area (Å²) in [6, 6.07) is 17.8. The number of amides is 1. The van der Waals surface area contributed by atoms with Crippen molar-refractivity contribution in [3.63, 3.8) is 0 Å². The average Bonchev–Trinajstić information content (AvgIpc) is 3.29. The number of rotatable bonds is 6. The number of aliphatic imine (C=N–C) groups is 1. The summed E-state index contributed by atoms with van der Waals surface area (Å²) in [5, 5.41) is 22.6. The number of halogens is 1. The number of aryl methyl sites for hydroxylation is 1. The van der Waals surface area contributed by atoms with Crippen LogP contribution < -0.4 is 16.0 Å². The molecule has 0 bridgehead atoms. The predicted octanol–water partition coefficient (Wildman–Crippen LogP) is 4.56. The molecular formula is C27H29ClN6O2. The number of hydrogen-bond acceptors (Lipinski definition) is 5. The lowest BCUT2D eigenvalue weighted by molar-refractivity contribution is 0.0934. The van der Waals surface area contributed by atoms with E-state index in [4.69, 9.17) is 21.4 Å². The van der Waals surface area contributed by atoms with Crippen LogP contribution in [0.4, 0.5) is 0 Å². The van der Waals surface area contributed by atoms with Gasteiger partial charge in [-0.1, -0.05) is 65.3 Å². The summed E-state index contributed by atoms with van der Waals surface area (Å²) in [4.78, 5) is 17.5. The van der Waals surface area contributed by atoms with Gasteiger partial charge < -0.3 is 15.2 Å². The van der Waals surface area contributed by atoms with E-state index in [0.717, 1.165) is 25.7 Å². The Kier molecular flexibility index (Phi) is 7.91. The monoisotopic (exact) mass is 504 g/mol. The molecule has 1 saturated carbocycles. The van der Waals surface area contributed by atoms with Gasteiger partial charge in [-0.25, -0.2) is 0 Å². The number of nitrogens with one attached hydrogen (secondary N) is 3. The molecule has 1 aromatic heterocycles. The standard InChI is InChI=1S/C27H29ClN6O2/c1-18-23(24(34-36-18)21-10-6-7-11-22(21)28)25(35)31-16-27(19-8-4-3-5-9-19)14-12-20(13-15-27)33-26(30-2)32-17-29/h3-11,20H,12-16H2,1-2H3,(H,31,35)(H2,30,32,33). The van der Waals surface area contributed by atoms with Gasteiger partial charge in [-0.2, -0.15) is 5.26 Å². The fraction of sp³-hybridized carbons (Fsp3) is 0.333. The molecule has 3 aromatic rings. The molecule has 0 spiro atoms. The highest BCUT2D eigenvalue weighted by atomic mass is 35.5. The van der Waals surface area contributed by atoms with Crippen molar-refractivity contribution in [2.24, 2.45) is 4.99 Å². The molecular weight excluding hydrogens is 476 g/mol. The van der Waals surface area contributed by atoms with Crippen molar-refractivity contribution in [3.8, 4) is 17.5 Å². The van der Waals surface area contributed by atoms with E-state index >= 15 is 0 Å². The van der Waals surface area contributed by atoms with Crippen LogP contribution in [0.2, 0.25) is 5.02 Å². The minimum Gasteiger partial charge on any atom is -0.360 e. The molecule has 1 fully saturated rings. The van der Waals surface area contributed by atoms with Gasteiger partial charge in [-0.05, 0) is 44.2 Å². The van der Waals surface area contributed by atoms with Crippen LogP contribution in [-0.2, 0) is 5.41 Å². The molecule has 36 heavy (non-hydrogen) atoms. The van der Waals surface area contributed by atoms with Crippen LogP contribution in [0.1, 0.15) is 47.4 Å². The van der Waals surface area contributed by atoms with Gasteiger partial charge >= 0.3 is 0 Å². The minimum absolute atomic E-state index is 0.184. The Morgan fingerprint density at radius 1 is 1.19 bits per heavy atom. The Bertz CT molecular complexity index is 1270. The highest BCUT2D eigenvalue weighted by molar-refractivity contribution is 6.33. The first-order valence-corrected chi connectivity index (χ1v) is 12.3. The third kappa shape index (κ3) is 5.37. The maximum atomic E-state index is 13.4. The predicted molar refractivity (Wildman–Crippen MR) is 140 cm³/mol. The van der Waals surface area contributed by atoms with Crippen LogP contribution >= 0.6 is 11.6 Å². The van der Waals surface area contributed by atoms with Crippen molar-refractivity contribution in [2.75, 3.05) is 13.6 Å². The first kappa shape index (κ1) is 25.3. The van der Waals surface area contributed by atoms with Gasteiger partial charge in [0.05, 0.1) is 5.02 Å². The number of carbonyl (C=O) groups is 1. The smallest absolute Gasteiger partial charge is 0.257 e. The quantitative estimate of drug-likeness (QED) is 0.196. The Labute approximate surface area is 215 Å². The summed E-state index contributed by atoms with van der Waals surface area (Å²) in [5.74, 6) is 0.677. The topological polar surface area (TPSA) is 115 Å². The van der Waals surface area contributed by atoms with Crippen LogP contribution in [0, 0.1) is 18.4 Å².